The number of anilines is 1. The molecule has 0 bridgehead atoms. The maximum Gasteiger partial charge on any atom is 0.226 e. The van der Waals surface area contributed by atoms with Gasteiger partial charge in [0.2, 0.25) is 5.91 Å². The fraction of sp³-hybridized carbons (Fsp3) is 0.375. The summed E-state index contributed by atoms with van der Waals surface area (Å²) in [6, 6.07) is 0. The molecule has 3 aromatic heterocycles. The summed E-state index contributed by atoms with van der Waals surface area (Å²) in [5, 5.41) is 16.1. The van der Waals surface area contributed by atoms with E-state index in [4.69, 9.17) is 11.6 Å². The molecule has 132 valence electrons. The molecule has 0 aliphatic carbocycles. The number of nitrogens with one attached hydrogen (secondary N) is 1. The number of hydrogen-bond donors (Lipinski definition) is 1. The van der Waals surface area contributed by atoms with Crippen molar-refractivity contribution < 1.29 is 4.79 Å². The van der Waals surface area contributed by atoms with Crippen LogP contribution in [0.1, 0.15) is 24.6 Å². The summed E-state index contributed by atoms with van der Waals surface area (Å²) < 4.78 is 5.37. The van der Waals surface area contributed by atoms with Crippen LogP contribution >= 0.6 is 11.6 Å². The lowest BCUT2D eigenvalue weighted by Gasteiger charge is -2.04. The zero-order valence-corrected chi connectivity index (χ0v) is 14.9. The quantitative estimate of drug-likeness (QED) is 0.700. The highest BCUT2D eigenvalue weighted by atomic mass is 35.5. The van der Waals surface area contributed by atoms with Crippen molar-refractivity contribution >= 4 is 23.2 Å². The molecule has 0 aliphatic rings. The van der Waals surface area contributed by atoms with E-state index in [1.807, 2.05) is 24.0 Å². The first-order valence-electron chi connectivity index (χ1n) is 8.06. The summed E-state index contributed by atoms with van der Waals surface area (Å²) in [4.78, 5) is 12.0. The zero-order chi connectivity index (χ0) is 17.8. The molecule has 0 spiro atoms. The van der Waals surface area contributed by atoms with Crippen molar-refractivity contribution in [1.29, 1.82) is 0 Å². The summed E-state index contributed by atoms with van der Waals surface area (Å²) in [7, 11) is 0. The minimum absolute atomic E-state index is 0.0962. The molecular weight excluding hydrogens is 342 g/mol. The Labute approximate surface area is 150 Å². The lowest BCUT2D eigenvalue weighted by molar-refractivity contribution is -0.116. The van der Waals surface area contributed by atoms with E-state index < -0.39 is 0 Å². The molecule has 8 nitrogen and oxygen atoms in total. The van der Waals surface area contributed by atoms with Gasteiger partial charge < -0.3 is 5.32 Å². The van der Waals surface area contributed by atoms with E-state index in [1.165, 1.54) is 0 Å². The van der Waals surface area contributed by atoms with Crippen molar-refractivity contribution in [2.75, 3.05) is 5.32 Å². The van der Waals surface area contributed by atoms with Crippen molar-refractivity contribution in [2.24, 2.45) is 0 Å². The Kier molecular flexibility index (Phi) is 5.18. The SMILES string of the molecule is CCn1ncc(Cn2cc(NC(=O)CCn3cc(Cl)cn3)cn2)c1C. The summed E-state index contributed by atoms with van der Waals surface area (Å²) in [6.07, 6.45) is 8.85. The van der Waals surface area contributed by atoms with E-state index in [2.05, 4.69) is 27.5 Å². The molecule has 25 heavy (non-hydrogen) atoms. The molecule has 3 heterocycles. The van der Waals surface area contributed by atoms with Gasteiger partial charge in [0.1, 0.15) is 0 Å². The van der Waals surface area contributed by atoms with Crippen LogP contribution in [0, 0.1) is 6.92 Å². The molecule has 0 fully saturated rings. The topological polar surface area (TPSA) is 82.6 Å². The summed E-state index contributed by atoms with van der Waals surface area (Å²) in [6.45, 7) is 6.03. The maximum absolute atomic E-state index is 12.0. The molecule has 1 amide bonds. The predicted molar refractivity (Wildman–Crippen MR) is 94.5 cm³/mol. The van der Waals surface area contributed by atoms with Crippen LogP contribution in [0.3, 0.4) is 0 Å². The highest BCUT2D eigenvalue weighted by Crippen LogP contribution is 2.12. The highest BCUT2D eigenvalue weighted by molar-refractivity contribution is 6.30. The number of nitrogens with zero attached hydrogens (tertiary/aromatic N) is 6. The smallest absolute Gasteiger partial charge is 0.226 e. The van der Waals surface area contributed by atoms with E-state index in [-0.39, 0.29) is 5.91 Å². The number of aromatic nitrogens is 6. The van der Waals surface area contributed by atoms with Gasteiger partial charge in [0.25, 0.3) is 0 Å². The largest absolute Gasteiger partial charge is 0.323 e. The molecule has 0 unspecified atom stereocenters. The molecule has 0 aromatic carbocycles. The average Bonchev–Trinajstić information content (AvgIpc) is 3.28. The normalized spacial score (nSPS) is 11.0. The Balaban J connectivity index is 1.54. The van der Waals surface area contributed by atoms with Gasteiger partial charge in [-0.1, -0.05) is 11.6 Å². The predicted octanol–water partition coefficient (Wildman–Crippen LogP) is 2.33. The Bertz CT molecular complexity index is 864. The molecule has 0 aliphatic heterocycles. The van der Waals surface area contributed by atoms with Crippen LogP contribution in [0.5, 0.6) is 0 Å². The number of carbonyl (C=O) groups excluding carboxylic acids is 1. The molecule has 0 radical (unpaired) electrons. The Morgan fingerprint density at radius 1 is 1.16 bits per heavy atom. The van der Waals surface area contributed by atoms with Crippen LogP contribution in [-0.4, -0.2) is 35.2 Å². The first-order chi connectivity index (χ1) is 12.0. The molecular formula is C16H20ClN7O. The molecule has 3 rings (SSSR count). The van der Waals surface area contributed by atoms with E-state index in [0.717, 1.165) is 17.8 Å². The van der Waals surface area contributed by atoms with Crippen LogP contribution in [0.2, 0.25) is 5.02 Å². The second kappa shape index (κ2) is 7.52. The number of aryl methyl sites for hydroxylation is 2. The first-order valence-corrected chi connectivity index (χ1v) is 8.44. The van der Waals surface area contributed by atoms with Crippen molar-refractivity contribution in [3.63, 3.8) is 0 Å². The van der Waals surface area contributed by atoms with Gasteiger partial charge in [0, 0.05) is 43.2 Å². The monoisotopic (exact) mass is 361 g/mol. The fourth-order valence-corrected chi connectivity index (χ4v) is 2.70. The Hall–Kier alpha value is -2.61. The van der Waals surface area contributed by atoms with E-state index in [1.54, 1.807) is 28.0 Å². The third-order valence-corrected chi connectivity index (χ3v) is 4.12. The number of amides is 1. The number of halogens is 1. The van der Waals surface area contributed by atoms with Crippen molar-refractivity contribution in [3.05, 3.63) is 47.3 Å². The number of rotatable bonds is 7. The van der Waals surface area contributed by atoms with Gasteiger partial charge in [-0.05, 0) is 13.8 Å². The number of hydrogen-bond acceptors (Lipinski definition) is 4. The molecule has 0 saturated carbocycles. The summed E-state index contributed by atoms with van der Waals surface area (Å²) in [5.41, 5.74) is 2.91. The minimum atomic E-state index is -0.0962. The van der Waals surface area contributed by atoms with Crippen LogP contribution in [0.15, 0.2) is 31.0 Å². The molecule has 0 saturated heterocycles. The van der Waals surface area contributed by atoms with Gasteiger partial charge in [-0.3, -0.25) is 18.8 Å². The van der Waals surface area contributed by atoms with E-state index in [9.17, 15) is 4.79 Å². The molecule has 9 heteroatoms. The van der Waals surface area contributed by atoms with Crippen LogP contribution in [0.4, 0.5) is 5.69 Å². The summed E-state index contributed by atoms with van der Waals surface area (Å²) in [5.74, 6) is -0.0962. The van der Waals surface area contributed by atoms with Gasteiger partial charge in [-0.15, -0.1) is 0 Å². The third kappa shape index (κ3) is 4.27. The molecule has 1 N–H and O–H groups in total. The molecule has 0 atom stereocenters. The van der Waals surface area contributed by atoms with Crippen LogP contribution in [0.25, 0.3) is 0 Å². The van der Waals surface area contributed by atoms with Gasteiger partial charge >= 0.3 is 0 Å². The minimum Gasteiger partial charge on any atom is -0.323 e. The highest BCUT2D eigenvalue weighted by Gasteiger charge is 2.09. The van der Waals surface area contributed by atoms with Gasteiger partial charge in [0.15, 0.2) is 0 Å². The zero-order valence-electron chi connectivity index (χ0n) is 14.2. The second-order valence-corrected chi connectivity index (χ2v) is 6.15. The van der Waals surface area contributed by atoms with E-state index in [0.29, 0.717) is 30.2 Å². The third-order valence-electron chi connectivity index (χ3n) is 3.92. The van der Waals surface area contributed by atoms with Crippen molar-refractivity contribution in [1.82, 2.24) is 29.3 Å². The Morgan fingerprint density at radius 2 is 1.96 bits per heavy atom. The average molecular weight is 362 g/mol. The van der Waals surface area contributed by atoms with Crippen molar-refractivity contribution in [2.45, 2.75) is 39.9 Å². The van der Waals surface area contributed by atoms with Crippen LogP contribution in [-0.2, 0) is 24.4 Å². The number of carbonyl (C=O) groups is 1. The van der Waals surface area contributed by atoms with Gasteiger partial charge in [-0.2, -0.15) is 15.3 Å². The standard InChI is InChI=1S/C16H20ClN7O/c1-3-24-12(2)13(6-20-24)9-23-11-15(8-19-23)21-16(25)4-5-22-10-14(17)7-18-22/h6-8,10-11H,3-5,9H2,1-2H3,(H,21,25). The van der Waals surface area contributed by atoms with Gasteiger partial charge in [-0.25, -0.2) is 0 Å². The Morgan fingerprint density at radius 3 is 2.64 bits per heavy atom. The fourth-order valence-electron chi connectivity index (χ4n) is 2.55. The first kappa shape index (κ1) is 17.2. The maximum atomic E-state index is 12.0. The molecule has 3 aromatic rings. The second-order valence-electron chi connectivity index (χ2n) is 5.72. The summed E-state index contributed by atoms with van der Waals surface area (Å²) >= 11 is 5.80. The van der Waals surface area contributed by atoms with Gasteiger partial charge in [0.05, 0.1) is 35.8 Å². The van der Waals surface area contributed by atoms with Crippen LogP contribution < -0.4 is 5.32 Å². The lowest BCUT2D eigenvalue weighted by atomic mass is 10.2. The van der Waals surface area contributed by atoms with E-state index >= 15 is 0 Å². The lowest BCUT2D eigenvalue weighted by Crippen LogP contribution is -2.14. The van der Waals surface area contributed by atoms with Crippen molar-refractivity contribution in [3.8, 4) is 0 Å².